The summed E-state index contributed by atoms with van der Waals surface area (Å²) in [7, 11) is 1.92. The molecule has 0 aliphatic carbocycles. The molecule has 0 radical (unpaired) electrons. The van der Waals surface area contributed by atoms with Crippen LogP contribution in [-0.2, 0) is 7.05 Å². The first kappa shape index (κ1) is 12.2. The molecule has 0 aliphatic heterocycles. The van der Waals surface area contributed by atoms with Crippen LogP contribution in [-0.4, -0.2) is 19.1 Å². The molecule has 4 rings (SSSR count). The standard InChI is InChI=1S/C16H12N4S/c1-19-14-15(18-13-10-6-5-9-12(13)17-14)20(16(19)21)11-7-3-2-4-8-11/h2-10H,1H3. The Hall–Kier alpha value is -2.53. The van der Waals surface area contributed by atoms with Gasteiger partial charge in [0.2, 0.25) is 0 Å². The molecule has 2 heterocycles. The summed E-state index contributed by atoms with van der Waals surface area (Å²) in [5.74, 6) is 0. The van der Waals surface area contributed by atoms with Crippen molar-refractivity contribution in [2.24, 2.45) is 7.05 Å². The third-order valence-corrected chi connectivity index (χ3v) is 4.01. The molecule has 0 atom stereocenters. The van der Waals surface area contributed by atoms with Gasteiger partial charge in [0.15, 0.2) is 16.1 Å². The first-order valence-corrected chi connectivity index (χ1v) is 7.06. The molecular formula is C16H12N4S. The van der Waals surface area contributed by atoms with Crippen LogP contribution < -0.4 is 0 Å². The smallest absolute Gasteiger partial charge is 0.187 e. The van der Waals surface area contributed by atoms with Gasteiger partial charge in [-0.25, -0.2) is 9.97 Å². The second kappa shape index (κ2) is 4.49. The average molecular weight is 292 g/mol. The number of hydrogen-bond donors (Lipinski definition) is 0. The van der Waals surface area contributed by atoms with Gasteiger partial charge in [-0.15, -0.1) is 0 Å². The lowest BCUT2D eigenvalue weighted by Gasteiger charge is -2.03. The second-order valence-corrected chi connectivity index (χ2v) is 5.24. The van der Waals surface area contributed by atoms with E-state index < -0.39 is 0 Å². The van der Waals surface area contributed by atoms with Crippen molar-refractivity contribution in [2.45, 2.75) is 0 Å². The number of rotatable bonds is 1. The molecule has 0 saturated heterocycles. The summed E-state index contributed by atoms with van der Waals surface area (Å²) in [4.78, 5) is 9.45. The lowest BCUT2D eigenvalue weighted by molar-refractivity contribution is 0.878. The van der Waals surface area contributed by atoms with Crippen molar-refractivity contribution in [1.82, 2.24) is 19.1 Å². The Balaban J connectivity index is 2.19. The summed E-state index contributed by atoms with van der Waals surface area (Å²) in [6.07, 6.45) is 0. The van der Waals surface area contributed by atoms with Crippen molar-refractivity contribution in [2.75, 3.05) is 0 Å². The molecule has 2 aromatic heterocycles. The predicted octanol–water partition coefficient (Wildman–Crippen LogP) is 3.64. The van der Waals surface area contributed by atoms with Gasteiger partial charge in [0.05, 0.1) is 11.0 Å². The third kappa shape index (κ3) is 1.78. The third-order valence-electron chi connectivity index (χ3n) is 3.56. The summed E-state index contributed by atoms with van der Waals surface area (Å²) in [6, 6.07) is 17.9. The molecule has 0 N–H and O–H groups in total. The highest BCUT2D eigenvalue weighted by Gasteiger charge is 2.13. The zero-order valence-corrected chi connectivity index (χ0v) is 12.2. The summed E-state index contributed by atoms with van der Waals surface area (Å²) in [5.41, 5.74) is 4.32. The highest BCUT2D eigenvalue weighted by Crippen LogP contribution is 2.21. The molecule has 21 heavy (non-hydrogen) atoms. The zero-order chi connectivity index (χ0) is 14.4. The number of para-hydroxylation sites is 3. The maximum atomic E-state index is 5.56. The first-order valence-electron chi connectivity index (χ1n) is 6.65. The van der Waals surface area contributed by atoms with E-state index in [1.54, 1.807) is 0 Å². The number of imidazole rings is 1. The number of aryl methyl sites for hydroxylation is 1. The minimum absolute atomic E-state index is 0.687. The lowest BCUT2D eigenvalue weighted by Crippen LogP contribution is -1.96. The van der Waals surface area contributed by atoms with Gasteiger partial charge in [-0.05, 0) is 36.5 Å². The largest absolute Gasteiger partial charge is 0.303 e. The molecule has 2 aromatic carbocycles. The molecule has 0 spiro atoms. The molecule has 0 bridgehead atoms. The van der Waals surface area contributed by atoms with Crippen LogP contribution in [0.2, 0.25) is 0 Å². The van der Waals surface area contributed by atoms with Crippen LogP contribution in [0.25, 0.3) is 28.0 Å². The molecule has 4 aromatic rings. The average Bonchev–Trinajstić information content (AvgIpc) is 2.77. The molecule has 4 nitrogen and oxygen atoms in total. The Morgan fingerprint density at radius 2 is 1.38 bits per heavy atom. The van der Waals surface area contributed by atoms with Gasteiger partial charge >= 0.3 is 0 Å². The summed E-state index contributed by atoms with van der Waals surface area (Å²) < 4.78 is 4.55. The highest BCUT2D eigenvalue weighted by molar-refractivity contribution is 7.71. The van der Waals surface area contributed by atoms with Gasteiger partial charge in [-0.2, -0.15) is 0 Å². The summed E-state index contributed by atoms with van der Waals surface area (Å²) >= 11 is 5.56. The molecular weight excluding hydrogens is 280 g/mol. The van der Waals surface area contributed by atoms with Crippen LogP contribution in [0.4, 0.5) is 0 Å². The van der Waals surface area contributed by atoms with E-state index >= 15 is 0 Å². The number of fused-ring (bicyclic) bond motifs is 2. The zero-order valence-electron chi connectivity index (χ0n) is 11.4. The van der Waals surface area contributed by atoms with E-state index in [4.69, 9.17) is 22.2 Å². The van der Waals surface area contributed by atoms with Gasteiger partial charge < -0.3 is 4.57 Å². The number of benzene rings is 2. The van der Waals surface area contributed by atoms with Crippen molar-refractivity contribution in [3.8, 4) is 5.69 Å². The summed E-state index contributed by atoms with van der Waals surface area (Å²) in [6.45, 7) is 0. The number of hydrogen-bond acceptors (Lipinski definition) is 3. The highest BCUT2D eigenvalue weighted by atomic mass is 32.1. The Labute approximate surface area is 126 Å². The predicted molar refractivity (Wildman–Crippen MR) is 86.2 cm³/mol. The minimum atomic E-state index is 0.687. The van der Waals surface area contributed by atoms with E-state index in [1.165, 1.54) is 0 Å². The van der Waals surface area contributed by atoms with Crippen LogP contribution in [0.15, 0.2) is 54.6 Å². The fourth-order valence-corrected chi connectivity index (χ4v) is 2.78. The Bertz CT molecular complexity index is 1010. The topological polar surface area (TPSA) is 35.6 Å². The van der Waals surface area contributed by atoms with Crippen molar-refractivity contribution < 1.29 is 0 Å². The normalized spacial score (nSPS) is 11.3. The maximum Gasteiger partial charge on any atom is 0.187 e. The fourth-order valence-electron chi connectivity index (χ4n) is 2.50. The summed E-state index contributed by atoms with van der Waals surface area (Å²) in [5, 5.41) is 0. The van der Waals surface area contributed by atoms with E-state index in [1.807, 2.05) is 70.8 Å². The monoisotopic (exact) mass is 292 g/mol. The molecule has 102 valence electrons. The Morgan fingerprint density at radius 1 is 0.810 bits per heavy atom. The van der Waals surface area contributed by atoms with Gasteiger partial charge in [0.25, 0.3) is 0 Å². The van der Waals surface area contributed by atoms with Crippen molar-refractivity contribution in [3.05, 3.63) is 59.4 Å². The molecule has 0 unspecified atom stereocenters. The lowest BCUT2D eigenvalue weighted by atomic mass is 10.3. The number of aromatic nitrogens is 4. The van der Waals surface area contributed by atoms with Crippen LogP contribution in [0.3, 0.4) is 0 Å². The Morgan fingerprint density at radius 3 is 2.05 bits per heavy atom. The SMILES string of the molecule is Cn1c(=S)n(-c2ccccc2)c2nc3ccccc3nc21. The Kier molecular flexibility index (Phi) is 2.62. The van der Waals surface area contributed by atoms with E-state index in [-0.39, 0.29) is 0 Å². The van der Waals surface area contributed by atoms with Crippen molar-refractivity contribution in [1.29, 1.82) is 0 Å². The molecule has 0 aliphatic rings. The van der Waals surface area contributed by atoms with Crippen molar-refractivity contribution >= 4 is 34.5 Å². The van der Waals surface area contributed by atoms with Gasteiger partial charge in [0, 0.05) is 12.7 Å². The first-order chi connectivity index (χ1) is 10.3. The van der Waals surface area contributed by atoms with Gasteiger partial charge in [-0.3, -0.25) is 4.57 Å². The second-order valence-electron chi connectivity index (χ2n) is 4.87. The minimum Gasteiger partial charge on any atom is -0.303 e. The van der Waals surface area contributed by atoms with Gasteiger partial charge in [-0.1, -0.05) is 30.3 Å². The molecule has 0 fully saturated rings. The van der Waals surface area contributed by atoms with Crippen molar-refractivity contribution in [3.63, 3.8) is 0 Å². The quantitative estimate of drug-likeness (QED) is 0.502. The van der Waals surface area contributed by atoms with E-state index in [2.05, 4.69) is 0 Å². The van der Waals surface area contributed by atoms with Crippen LogP contribution in [0.5, 0.6) is 0 Å². The van der Waals surface area contributed by atoms with E-state index in [0.29, 0.717) is 4.77 Å². The van der Waals surface area contributed by atoms with Crippen LogP contribution >= 0.6 is 12.2 Å². The number of nitrogens with zero attached hydrogens (tertiary/aromatic N) is 4. The van der Waals surface area contributed by atoms with Crippen LogP contribution in [0.1, 0.15) is 0 Å². The maximum absolute atomic E-state index is 5.56. The molecule has 0 saturated carbocycles. The van der Waals surface area contributed by atoms with Crippen LogP contribution in [0, 0.1) is 4.77 Å². The molecule has 0 amide bonds. The van der Waals surface area contributed by atoms with E-state index in [0.717, 1.165) is 28.0 Å². The van der Waals surface area contributed by atoms with Gasteiger partial charge in [0.1, 0.15) is 0 Å². The molecule has 5 heteroatoms. The fraction of sp³-hybridized carbons (Fsp3) is 0.0625. The van der Waals surface area contributed by atoms with E-state index in [9.17, 15) is 0 Å².